The van der Waals surface area contributed by atoms with Gasteiger partial charge < -0.3 is 4.74 Å². The van der Waals surface area contributed by atoms with E-state index in [4.69, 9.17) is 4.74 Å². The van der Waals surface area contributed by atoms with Crippen LogP contribution in [0.5, 0.6) is 0 Å². The quantitative estimate of drug-likeness (QED) is 0.752. The Morgan fingerprint density at radius 3 is 2.40 bits per heavy atom. The second-order valence-electron chi connectivity index (χ2n) is 8.91. The molecule has 0 N–H and O–H groups in total. The van der Waals surface area contributed by atoms with Crippen molar-refractivity contribution >= 4 is 0 Å². The Kier molecular flexibility index (Phi) is 4.85. The molecule has 9 heteroatoms. The Bertz CT molecular complexity index is 910. The van der Waals surface area contributed by atoms with E-state index in [1.807, 2.05) is 24.6 Å². The summed E-state index contributed by atoms with van der Waals surface area (Å²) in [7, 11) is 0. The summed E-state index contributed by atoms with van der Waals surface area (Å²) in [6, 6.07) is 2.69. The highest BCUT2D eigenvalue weighted by molar-refractivity contribution is 5.54. The van der Waals surface area contributed by atoms with Gasteiger partial charge in [0.05, 0.1) is 25.6 Å². The van der Waals surface area contributed by atoms with Crippen LogP contribution in [0.4, 0.5) is 13.2 Å². The Balaban J connectivity index is 1.37. The van der Waals surface area contributed by atoms with E-state index in [0.29, 0.717) is 29.5 Å². The number of rotatable bonds is 4. The Morgan fingerprint density at radius 2 is 1.77 bits per heavy atom. The first kappa shape index (κ1) is 19.9. The van der Waals surface area contributed by atoms with Gasteiger partial charge in [0.2, 0.25) is 0 Å². The van der Waals surface area contributed by atoms with Crippen molar-refractivity contribution in [2.45, 2.75) is 50.9 Å². The average Bonchev–Trinajstić information content (AvgIpc) is 3.10. The lowest BCUT2D eigenvalue weighted by atomic mass is 10.0. The van der Waals surface area contributed by atoms with Crippen LogP contribution >= 0.6 is 0 Å². The van der Waals surface area contributed by atoms with Crippen molar-refractivity contribution in [3.05, 3.63) is 29.8 Å². The molecule has 2 aromatic rings. The molecule has 2 atom stereocenters. The van der Waals surface area contributed by atoms with Crippen molar-refractivity contribution in [1.82, 2.24) is 24.6 Å². The summed E-state index contributed by atoms with van der Waals surface area (Å²) in [5.41, 5.74) is 0.765. The van der Waals surface area contributed by atoms with E-state index in [9.17, 15) is 13.2 Å². The first-order valence-corrected chi connectivity index (χ1v) is 10.6. The fraction of sp³-hybridized carbons (Fsp3) is 0.667. The van der Waals surface area contributed by atoms with Gasteiger partial charge in [-0.15, -0.1) is 0 Å². The molecule has 162 valence electrons. The summed E-state index contributed by atoms with van der Waals surface area (Å²) in [6.07, 6.45) is -0.0573. The number of halogens is 3. The molecule has 2 aromatic heterocycles. The van der Waals surface area contributed by atoms with E-state index >= 15 is 0 Å². The smallest absolute Gasteiger partial charge is 0.379 e. The average molecular weight is 421 g/mol. The first-order chi connectivity index (χ1) is 14.3. The number of fused-ring (bicyclic) bond motifs is 1. The van der Waals surface area contributed by atoms with Crippen LogP contribution in [0, 0.1) is 11.8 Å². The second kappa shape index (κ2) is 7.30. The molecule has 0 aromatic carbocycles. The maximum absolute atomic E-state index is 13.0. The minimum atomic E-state index is -4.52. The van der Waals surface area contributed by atoms with E-state index in [1.165, 1.54) is 19.0 Å². The van der Waals surface area contributed by atoms with Crippen molar-refractivity contribution in [1.29, 1.82) is 0 Å². The number of nitrogens with zero attached hydrogens (tertiary/aromatic N) is 5. The van der Waals surface area contributed by atoms with E-state index in [2.05, 4.69) is 20.0 Å². The van der Waals surface area contributed by atoms with E-state index in [0.717, 1.165) is 38.2 Å². The molecule has 0 amide bonds. The number of hydrogen-bond acceptors (Lipinski definition) is 5. The maximum atomic E-state index is 13.0. The predicted molar refractivity (Wildman–Crippen MR) is 104 cm³/mol. The van der Waals surface area contributed by atoms with Crippen molar-refractivity contribution in [2.24, 2.45) is 11.8 Å². The van der Waals surface area contributed by atoms with Gasteiger partial charge in [-0.3, -0.25) is 14.6 Å². The molecule has 2 saturated carbocycles. The minimum absolute atomic E-state index is 0.129. The van der Waals surface area contributed by atoms with Crippen LogP contribution in [-0.4, -0.2) is 57.0 Å². The fourth-order valence-corrected chi connectivity index (χ4v) is 5.31. The lowest BCUT2D eigenvalue weighted by molar-refractivity contribution is -0.141. The molecule has 6 nitrogen and oxygen atoms in total. The van der Waals surface area contributed by atoms with Gasteiger partial charge in [0.25, 0.3) is 0 Å². The lowest BCUT2D eigenvalue weighted by Crippen LogP contribution is -2.43. The van der Waals surface area contributed by atoms with E-state index < -0.39 is 11.9 Å². The summed E-state index contributed by atoms with van der Waals surface area (Å²) in [4.78, 5) is 10.1. The summed E-state index contributed by atoms with van der Waals surface area (Å²) in [5, 5.41) is 4.62. The van der Waals surface area contributed by atoms with Crippen LogP contribution in [0.2, 0.25) is 0 Å². The summed E-state index contributed by atoms with van der Waals surface area (Å²) < 4.78 is 46.6. The standard InChI is InChI=1S/C21H26F3N5O/c1-12(2)29-18(9-16(27-29)17-10-25-11-19(26-17)21(22,23)24)20-14-7-13(8-15(14)20)28-3-5-30-6-4-28/h9-15,20H,3-8H2,1-2H3. The van der Waals surface area contributed by atoms with Crippen molar-refractivity contribution < 1.29 is 17.9 Å². The highest BCUT2D eigenvalue weighted by atomic mass is 19.4. The zero-order valence-corrected chi connectivity index (χ0v) is 17.1. The predicted octanol–water partition coefficient (Wildman–Crippen LogP) is 3.76. The third kappa shape index (κ3) is 3.51. The molecule has 5 rings (SSSR count). The first-order valence-electron chi connectivity index (χ1n) is 10.6. The molecule has 2 unspecified atom stereocenters. The summed E-state index contributed by atoms with van der Waals surface area (Å²) in [6.45, 7) is 7.75. The topological polar surface area (TPSA) is 56.1 Å². The second-order valence-corrected chi connectivity index (χ2v) is 8.91. The molecule has 0 spiro atoms. The van der Waals surface area contributed by atoms with Crippen LogP contribution in [0.25, 0.3) is 11.4 Å². The van der Waals surface area contributed by atoms with Crippen LogP contribution in [0.15, 0.2) is 18.5 Å². The number of ether oxygens (including phenoxy) is 1. The minimum Gasteiger partial charge on any atom is -0.379 e. The number of hydrogen-bond donors (Lipinski definition) is 0. The lowest BCUT2D eigenvalue weighted by Gasteiger charge is -2.33. The molecule has 1 saturated heterocycles. The summed E-state index contributed by atoms with van der Waals surface area (Å²) in [5.74, 6) is 1.70. The zero-order chi connectivity index (χ0) is 21.0. The molecule has 2 aliphatic carbocycles. The Morgan fingerprint density at radius 1 is 1.07 bits per heavy atom. The highest BCUT2D eigenvalue weighted by Gasteiger charge is 2.58. The Hall–Kier alpha value is -2.00. The number of alkyl halides is 3. The van der Waals surface area contributed by atoms with Crippen molar-refractivity contribution in [2.75, 3.05) is 26.3 Å². The van der Waals surface area contributed by atoms with Crippen molar-refractivity contribution in [3.8, 4) is 11.4 Å². The molecule has 3 fully saturated rings. The molecule has 3 heterocycles. The van der Waals surface area contributed by atoms with Gasteiger partial charge in [-0.25, -0.2) is 4.98 Å². The van der Waals surface area contributed by atoms with Gasteiger partial charge in [0, 0.05) is 36.8 Å². The molecule has 0 bridgehead atoms. The summed E-state index contributed by atoms with van der Waals surface area (Å²) >= 11 is 0. The zero-order valence-electron chi connectivity index (χ0n) is 17.1. The highest BCUT2D eigenvalue weighted by Crippen LogP contribution is 2.64. The molecule has 30 heavy (non-hydrogen) atoms. The molecule has 3 aliphatic rings. The van der Waals surface area contributed by atoms with Crippen LogP contribution in [-0.2, 0) is 10.9 Å². The third-order valence-electron chi connectivity index (χ3n) is 6.76. The van der Waals surface area contributed by atoms with Gasteiger partial charge in [-0.1, -0.05) is 0 Å². The monoisotopic (exact) mass is 421 g/mol. The normalized spacial score (nSPS) is 29.4. The van der Waals surface area contributed by atoms with Crippen LogP contribution < -0.4 is 0 Å². The SMILES string of the molecule is CC(C)n1nc(-c2cncc(C(F)(F)F)n2)cc1C1C2CC(N3CCOCC3)CC21. The van der Waals surface area contributed by atoms with E-state index in [-0.39, 0.29) is 11.7 Å². The van der Waals surface area contributed by atoms with Gasteiger partial charge in [-0.2, -0.15) is 18.3 Å². The molecular formula is C21H26F3N5O. The van der Waals surface area contributed by atoms with Crippen LogP contribution in [0.1, 0.15) is 50.0 Å². The van der Waals surface area contributed by atoms with Gasteiger partial charge in [0.15, 0.2) is 5.69 Å². The molecule has 1 aliphatic heterocycles. The van der Waals surface area contributed by atoms with Gasteiger partial charge in [-0.05, 0) is 44.6 Å². The third-order valence-corrected chi connectivity index (χ3v) is 6.76. The number of morpholine rings is 1. The van der Waals surface area contributed by atoms with Gasteiger partial charge in [0.1, 0.15) is 11.4 Å². The Labute approximate surface area is 173 Å². The maximum Gasteiger partial charge on any atom is 0.434 e. The number of aromatic nitrogens is 4. The van der Waals surface area contributed by atoms with Crippen LogP contribution in [0.3, 0.4) is 0 Å². The largest absolute Gasteiger partial charge is 0.434 e. The molecular weight excluding hydrogens is 395 g/mol. The van der Waals surface area contributed by atoms with Crippen molar-refractivity contribution in [3.63, 3.8) is 0 Å². The molecule has 0 radical (unpaired) electrons. The van der Waals surface area contributed by atoms with Gasteiger partial charge >= 0.3 is 6.18 Å². The fourth-order valence-electron chi connectivity index (χ4n) is 5.31. The van der Waals surface area contributed by atoms with E-state index in [1.54, 1.807) is 0 Å².